The van der Waals surface area contributed by atoms with Crippen molar-refractivity contribution < 1.29 is 14.5 Å². The van der Waals surface area contributed by atoms with Crippen LogP contribution in [-0.4, -0.2) is 37.5 Å². The summed E-state index contributed by atoms with van der Waals surface area (Å²) in [6, 6.07) is 7.58. The van der Waals surface area contributed by atoms with Gasteiger partial charge in [0, 0.05) is 24.4 Å². The predicted molar refractivity (Wildman–Crippen MR) is 85.7 cm³/mol. The normalized spacial score (nSPS) is 20.6. The Morgan fingerprint density at radius 3 is 2.59 bits per heavy atom. The summed E-state index contributed by atoms with van der Waals surface area (Å²) >= 11 is 5.80. The molecule has 0 aromatic heterocycles. The predicted octanol–water partition coefficient (Wildman–Crippen LogP) is 0.140. The van der Waals surface area contributed by atoms with Gasteiger partial charge in [0.05, 0.1) is 19.6 Å². The summed E-state index contributed by atoms with van der Waals surface area (Å²) in [5.74, 6) is -1.15. The highest BCUT2D eigenvalue weighted by molar-refractivity contribution is 6.35. The highest BCUT2D eigenvalue weighted by Crippen LogP contribution is 2.09. The number of likely N-dealkylation sites (tertiary alicyclic amines) is 1. The Bertz CT molecular complexity index is 519. The number of halogens is 1. The summed E-state index contributed by atoms with van der Waals surface area (Å²) in [5.41, 5.74) is 0.906. The van der Waals surface area contributed by atoms with Crippen LogP contribution in [-0.2, 0) is 16.1 Å². The topological polar surface area (TPSA) is 62.6 Å². The van der Waals surface area contributed by atoms with Crippen LogP contribution in [0.4, 0.5) is 0 Å². The molecule has 0 saturated carbocycles. The van der Waals surface area contributed by atoms with E-state index in [1.54, 1.807) is 12.1 Å². The molecule has 0 bridgehead atoms. The van der Waals surface area contributed by atoms with E-state index < -0.39 is 11.8 Å². The quantitative estimate of drug-likeness (QED) is 0.675. The third-order valence-corrected chi connectivity index (χ3v) is 4.42. The molecule has 1 aromatic rings. The van der Waals surface area contributed by atoms with Gasteiger partial charge in [-0.25, -0.2) is 0 Å². The first-order chi connectivity index (χ1) is 10.6. The number of rotatable bonds is 5. The number of carbonyl (C=O) groups is 2. The van der Waals surface area contributed by atoms with Gasteiger partial charge < -0.3 is 15.5 Å². The van der Waals surface area contributed by atoms with Crippen molar-refractivity contribution in [2.45, 2.75) is 32.4 Å². The lowest BCUT2D eigenvalue weighted by atomic mass is 10.2. The lowest BCUT2D eigenvalue weighted by Crippen LogP contribution is -3.14. The zero-order valence-electron chi connectivity index (χ0n) is 12.8. The molecule has 22 heavy (non-hydrogen) atoms. The number of likely N-dealkylation sites (N-methyl/N-ethyl adjacent to an activating group) is 1. The fourth-order valence-electron chi connectivity index (χ4n) is 2.86. The van der Waals surface area contributed by atoms with Crippen LogP contribution in [0, 0.1) is 0 Å². The highest BCUT2D eigenvalue weighted by Gasteiger charge is 2.27. The van der Waals surface area contributed by atoms with Gasteiger partial charge in [0.25, 0.3) is 0 Å². The average Bonchev–Trinajstić information content (AvgIpc) is 2.99. The molecule has 1 fully saturated rings. The average molecular weight is 325 g/mol. The smallest absolute Gasteiger partial charge is 0.309 e. The Morgan fingerprint density at radius 2 is 1.91 bits per heavy atom. The molecule has 1 aliphatic rings. The fraction of sp³-hybridized carbons (Fsp3) is 0.500. The lowest BCUT2D eigenvalue weighted by Gasteiger charge is -2.19. The van der Waals surface area contributed by atoms with Crippen LogP contribution < -0.4 is 15.5 Å². The molecule has 3 N–H and O–H groups in total. The van der Waals surface area contributed by atoms with E-state index in [1.165, 1.54) is 11.3 Å². The standard InChI is InChI=1S/C16H22ClN3O2/c1-2-20-9-3-4-14(20)11-19-16(22)15(21)18-10-12-5-7-13(17)8-6-12/h5-8,14H,2-4,9-11H2,1H3,(H,18,21)(H,19,22)/p+1/t14-/m0/s1. The first-order valence-electron chi connectivity index (χ1n) is 7.75. The van der Waals surface area contributed by atoms with Crippen molar-refractivity contribution in [1.29, 1.82) is 0 Å². The number of nitrogens with one attached hydrogen (secondary N) is 3. The molecule has 120 valence electrons. The minimum absolute atomic E-state index is 0.319. The van der Waals surface area contributed by atoms with Crippen LogP contribution in [0.25, 0.3) is 0 Å². The van der Waals surface area contributed by atoms with Gasteiger partial charge in [-0.2, -0.15) is 0 Å². The van der Waals surface area contributed by atoms with Gasteiger partial charge in [-0.15, -0.1) is 0 Å². The zero-order valence-corrected chi connectivity index (χ0v) is 13.6. The summed E-state index contributed by atoms with van der Waals surface area (Å²) < 4.78 is 0. The molecule has 2 rings (SSSR count). The van der Waals surface area contributed by atoms with Crippen LogP contribution in [0.1, 0.15) is 25.3 Å². The third kappa shape index (κ3) is 4.71. The Kier molecular flexibility index (Phi) is 6.21. The molecule has 1 heterocycles. The minimum atomic E-state index is -0.592. The van der Waals surface area contributed by atoms with Crippen molar-refractivity contribution in [3.8, 4) is 0 Å². The molecular formula is C16H23ClN3O2+. The zero-order chi connectivity index (χ0) is 15.9. The first kappa shape index (κ1) is 16.8. The summed E-state index contributed by atoms with van der Waals surface area (Å²) in [7, 11) is 0. The van der Waals surface area contributed by atoms with E-state index >= 15 is 0 Å². The van der Waals surface area contributed by atoms with E-state index in [2.05, 4.69) is 17.6 Å². The Labute approximate surface area is 136 Å². The Morgan fingerprint density at radius 1 is 1.23 bits per heavy atom. The third-order valence-electron chi connectivity index (χ3n) is 4.16. The van der Waals surface area contributed by atoms with Gasteiger partial charge in [-0.3, -0.25) is 9.59 Å². The second-order valence-electron chi connectivity index (χ2n) is 5.62. The molecule has 1 aromatic carbocycles. The van der Waals surface area contributed by atoms with Crippen LogP contribution in [0.15, 0.2) is 24.3 Å². The lowest BCUT2D eigenvalue weighted by molar-refractivity contribution is -0.909. The molecule has 0 radical (unpaired) electrons. The van der Waals surface area contributed by atoms with E-state index in [-0.39, 0.29) is 0 Å². The molecule has 1 unspecified atom stereocenters. The van der Waals surface area contributed by atoms with Crippen molar-refractivity contribution in [1.82, 2.24) is 10.6 Å². The van der Waals surface area contributed by atoms with Crippen LogP contribution in [0.2, 0.25) is 5.02 Å². The van der Waals surface area contributed by atoms with E-state index in [0.29, 0.717) is 24.2 Å². The van der Waals surface area contributed by atoms with Gasteiger partial charge in [0.2, 0.25) is 0 Å². The van der Waals surface area contributed by atoms with Gasteiger partial charge >= 0.3 is 11.8 Å². The second-order valence-corrected chi connectivity index (χ2v) is 6.06. The van der Waals surface area contributed by atoms with E-state index in [0.717, 1.165) is 25.1 Å². The van der Waals surface area contributed by atoms with Gasteiger partial charge in [-0.1, -0.05) is 23.7 Å². The summed E-state index contributed by atoms with van der Waals surface area (Å²) in [6.45, 7) is 5.24. The van der Waals surface area contributed by atoms with Crippen molar-refractivity contribution >= 4 is 23.4 Å². The molecular weight excluding hydrogens is 302 g/mol. The SMILES string of the molecule is CC[NH+]1CCC[C@H]1CNC(=O)C(=O)NCc1ccc(Cl)cc1. The van der Waals surface area contributed by atoms with Gasteiger partial charge in [-0.05, 0) is 24.6 Å². The number of carbonyl (C=O) groups excluding carboxylic acids is 2. The molecule has 1 aliphatic heterocycles. The minimum Gasteiger partial charge on any atom is -0.344 e. The molecule has 6 heteroatoms. The molecule has 2 atom stereocenters. The molecule has 2 amide bonds. The van der Waals surface area contributed by atoms with Gasteiger partial charge in [0.15, 0.2) is 0 Å². The highest BCUT2D eigenvalue weighted by atomic mass is 35.5. The summed E-state index contributed by atoms with van der Waals surface area (Å²) in [6.07, 6.45) is 2.29. The summed E-state index contributed by atoms with van der Waals surface area (Å²) in [4.78, 5) is 25.1. The largest absolute Gasteiger partial charge is 0.344 e. The number of quaternary nitrogens is 1. The van der Waals surface area contributed by atoms with Crippen LogP contribution in [0.3, 0.4) is 0 Å². The second kappa shape index (κ2) is 8.15. The number of amides is 2. The van der Waals surface area contributed by atoms with Crippen molar-refractivity contribution in [2.75, 3.05) is 19.6 Å². The molecule has 1 saturated heterocycles. The van der Waals surface area contributed by atoms with Crippen molar-refractivity contribution in [3.63, 3.8) is 0 Å². The van der Waals surface area contributed by atoms with Gasteiger partial charge in [0.1, 0.15) is 6.04 Å². The Balaban J connectivity index is 1.72. The summed E-state index contributed by atoms with van der Waals surface area (Å²) in [5, 5.41) is 6.00. The Hall–Kier alpha value is -1.59. The van der Waals surface area contributed by atoms with E-state index in [4.69, 9.17) is 11.6 Å². The van der Waals surface area contributed by atoms with Crippen LogP contribution in [0.5, 0.6) is 0 Å². The van der Waals surface area contributed by atoms with Crippen LogP contribution >= 0.6 is 11.6 Å². The van der Waals surface area contributed by atoms with Crippen molar-refractivity contribution in [3.05, 3.63) is 34.9 Å². The first-order valence-corrected chi connectivity index (χ1v) is 8.13. The monoisotopic (exact) mass is 324 g/mol. The maximum atomic E-state index is 11.8. The number of hydrogen-bond acceptors (Lipinski definition) is 2. The van der Waals surface area contributed by atoms with E-state index in [1.807, 2.05) is 12.1 Å². The van der Waals surface area contributed by atoms with E-state index in [9.17, 15) is 9.59 Å². The maximum Gasteiger partial charge on any atom is 0.309 e. The van der Waals surface area contributed by atoms with Crippen molar-refractivity contribution in [2.24, 2.45) is 0 Å². The molecule has 0 spiro atoms. The number of hydrogen-bond donors (Lipinski definition) is 3. The molecule has 0 aliphatic carbocycles. The molecule has 5 nitrogen and oxygen atoms in total. The maximum absolute atomic E-state index is 11.8. The number of benzene rings is 1. The fourth-order valence-corrected chi connectivity index (χ4v) is 2.98.